The van der Waals surface area contributed by atoms with E-state index in [4.69, 9.17) is 14.2 Å². The molecule has 222 valence electrons. The first kappa shape index (κ1) is 27.5. The lowest BCUT2D eigenvalue weighted by atomic mass is 9.37. The van der Waals surface area contributed by atoms with Gasteiger partial charge >= 0.3 is 17.9 Å². The number of likely N-dealkylation sites (N-methyl/N-ethyl adjacent to an activating group) is 1. The van der Waals surface area contributed by atoms with Gasteiger partial charge in [0.15, 0.2) is 0 Å². The summed E-state index contributed by atoms with van der Waals surface area (Å²) in [5.41, 5.74) is -2.49. The van der Waals surface area contributed by atoms with Gasteiger partial charge in [-0.1, -0.05) is 31.7 Å². The number of carbonyl (C=O) groups is 5. The molecule has 42 heavy (non-hydrogen) atoms. The predicted octanol–water partition coefficient (Wildman–Crippen LogP) is 1.74. The van der Waals surface area contributed by atoms with E-state index in [2.05, 4.69) is 11.5 Å². The van der Waals surface area contributed by atoms with Gasteiger partial charge in [0.05, 0.1) is 29.0 Å². The summed E-state index contributed by atoms with van der Waals surface area (Å²) in [7, 11) is 1.87. The van der Waals surface area contributed by atoms with Crippen LogP contribution in [0.25, 0.3) is 0 Å². The average molecular weight is 578 g/mol. The van der Waals surface area contributed by atoms with Gasteiger partial charge in [-0.3, -0.25) is 19.3 Å². The molecule has 1 aromatic rings. The van der Waals surface area contributed by atoms with Crippen molar-refractivity contribution in [2.75, 3.05) is 7.05 Å². The van der Waals surface area contributed by atoms with Gasteiger partial charge in [-0.15, -0.1) is 0 Å². The number of aliphatic hydroxyl groups excluding tert-OH is 1. The summed E-state index contributed by atoms with van der Waals surface area (Å²) >= 11 is 0. The molecule has 2 aliphatic heterocycles. The highest BCUT2D eigenvalue weighted by molar-refractivity contribution is 5.94. The summed E-state index contributed by atoms with van der Waals surface area (Å²) < 4.78 is 18.1. The molecule has 6 aliphatic carbocycles. The van der Waals surface area contributed by atoms with Crippen molar-refractivity contribution in [3.05, 3.63) is 48.0 Å². The Bertz CT molecular complexity index is 1440. The lowest BCUT2D eigenvalue weighted by Gasteiger charge is -2.69. The van der Waals surface area contributed by atoms with Crippen LogP contribution in [0, 0.1) is 39.9 Å². The number of carbonyl (C=O) groups excluding carboxylic acids is 5. The Labute approximate surface area is 243 Å². The number of ether oxygens (including phenoxy) is 3. The highest BCUT2D eigenvalue weighted by Gasteiger charge is 2.93. The number of hydrogen-bond acceptors (Lipinski definition) is 10. The van der Waals surface area contributed by atoms with Gasteiger partial charge in [0.1, 0.15) is 30.4 Å². The third-order valence-corrected chi connectivity index (χ3v) is 11.7. The van der Waals surface area contributed by atoms with Gasteiger partial charge in [0.2, 0.25) is 0 Å². The lowest BCUT2D eigenvalue weighted by molar-refractivity contribution is -0.272. The molecule has 6 saturated carbocycles. The smallest absolute Gasteiger partial charge is 0.338 e. The van der Waals surface area contributed by atoms with Gasteiger partial charge in [-0.25, -0.2) is 4.79 Å². The molecule has 2 spiro atoms. The van der Waals surface area contributed by atoms with Gasteiger partial charge in [0, 0.05) is 42.6 Å². The Hall–Kier alpha value is -3.37. The Morgan fingerprint density at radius 3 is 2.33 bits per heavy atom. The number of benzene rings is 1. The lowest BCUT2D eigenvalue weighted by Crippen LogP contribution is -2.79. The molecule has 0 amide bonds. The molecule has 0 radical (unpaired) electrons. The molecule has 7 bridgehead atoms. The molecule has 10 heteroatoms. The molecule has 2 heterocycles. The minimum absolute atomic E-state index is 0.215. The summed E-state index contributed by atoms with van der Waals surface area (Å²) in [5, 5.41) is 12.1. The van der Waals surface area contributed by atoms with Crippen molar-refractivity contribution < 1.29 is 43.3 Å². The Kier molecular flexibility index (Phi) is 5.62. The Balaban J connectivity index is 1.44. The molecule has 10 nitrogen and oxygen atoms in total. The van der Waals surface area contributed by atoms with Crippen molar-refractivity contribution >= 4 is 30.0 Å². The van der Waals surface area contributed by atoms with Crippen LogP contribution in [0.5, 0.6) is 0 Å². The summed E-state index contributed by atoms with van der Waals surface area (Å²) in [5.74, 6) is -4.71. The van der Waals surface area contributed by atoms with E-state index in [1.807, 2.05) is 14.0 Å². The molecule has 0 unspecified atom stereocenters. The van der Waals surface area contributed by atoms with Crippen LogP contribution in [0.3, 0.4) is 0 Å². The van der Waals surface area contributed by atoms with Crippen LogP contribution in [-0.4, -0.2) is 83.5 Å². The standard InChI is InChI=1S/C32H35NO9/c1-14-19-22(37)20-26-31-12-18(42-29(39)17-9-7-6-8-10-17)11-30(4,13-34)24(31)21(33(26)5)28(41-16(3)36)32(20,25(31)23(19)38)27(14)40-15(2)35/h6-10,13,18-21,23-28,38H,1,11-12H2,2-5H3/t18-,19-,20+,21+,23+,24+,25-,26+,27-,28+,30-,31-,32-/m0/s1. The van der Waals surface area contributed by atoms with Crippen LogP contribution in [0.4, 0.5) is 0 Å². The van der Waals surface area contributed by atoms with E-state index < -0.39 is 94.3 Å². The van der Waals surface area contributed by atoms with Crippen molar-refractivity contribution in [1.29, 1.82) is 0 Å². The summed E-state index contributed by atoms with van der Waals surface area (Å²) in [4.78, 5) is 67.8. The van der Waals surface area contributed by atoms with Crippen LogP contribution < -0.4 is 0 Å². The van der Waals surface area contributed by atoms with Crippen LogP contribution >= 0.6 is 0 Å². The number of esters is 3. The molecule has 0 aromatic heterocycles. The zero-order valence-electron chi connectivity index (χ0n) is 24.0. The number of rotatable bonds is 5. The first-order valence-electron chi connectivity index (χ1n) is 14.6. The van der Waals surface area contributed by atoms with Gasteiger partial charge in [-0.2, -0.15) is 0 Å². The van der Waals surface area contributed by atoms with Crippen molar-refractivity contribution in [1.82, 2.24) is 4.90 Å². The number of aldehydes is 1. The summed E-state index contributed by atoms with van der Waals surface area (Å²) in [6.07, 6.45) is -2.36. The van der Waals surface area contributed by atoms with Gasteiger partial charge < -0.3 is 24.1 Å². The van der Waals surface area contributed by atoms with Gasteiger partial charge in [-0.05, 0) is 43.5 Å². The van der Waals surface area contributed by atoms with Crippen LogP contribution in [0.15, 0.2) is 42.5 Å². The maximum atomic E-state index is 14.3. The zero-order chi connectivity index (χ0) is 30.1. The first-order valence-corrected chi connectivity index (χ1v) is 14.6. The maximum Gasteiger partial charge on any atom is 0.338 e. The largest absolute Gasteiger partial charge is 0.460 e. The highest BCUT2D eigenvalue weighted by atomic mass is 16.6. The summed E-state index contributed by atoms with van der Waals surface area (Å²) in [6, 6.07) is 7.64. The molecule has 1 aromatic carbocycles. The zero-order valence-corrected chi connectivity index (χ0v) is 24.0. The van der Waals surface area contributed by atoms with E-state index in [9.17, 15) is 29.1 Å². The monoisotopic (exact) mass is 577 g/mol. The molecule has 1 N–H and O–H groups in total. The van der Waals surface area contributed by atoms with E-state index in [0.717, 1.165) is 6.29 Å². The van der Waals surface area contributed by atoms with E-state index in [1.54, 1.807) is 30.3 Å². The molecular weight excluding hydrogens is 542 g/mol. The highest BCUT2D eigenvalue weighted by Crippen LogP contribution is 2.84. The fourth-order valence-electron chi connectivity index (χ4n) is 11.3. The predicted molar refractivity (Wildman–Crippen MR) is 144 cm³/mol. The van der Waals surface area contributed by atoms with Gasteiger partial charge in [0.25, 0.3) is 0 Å². The Morgan fingerprint density at radius 2 is 1.71 bits per heavy atom. The number of fused-ring (bicyclic) bond motifs is 1. The van der Waals surface area contributed by atoms with E-state index in [0.29, 0.717) is 17.6 Å². The molecule has 9 rings (SSSR count). The van der Waals surface area contributed by atoms with Crippen LogP contribution in [0.1, 0.15) is 44.0 Å². The number of ketones is 1. The fourth-order valence-corrected chi connectivity index (χ4v) is 11.3. The SMILES string of the molecule is C=C1[C@H]2C(=O)[C@@H]3[C@H]4N(C)[C@H]5[C@@H](OC(C)=O)[C@]3([C@H]1OC(C)=O)[C@@H]([C@@H]2O)[C@@]41C[C@@H](OC(=O)c2ccccc2)C[C@@](C)(C=O)[C@@H]51. The minimum Gasteiger partial charge on any atom is -0.460 e. The molecular formula is C32H35NO9. The Morgan fingerprint density at radius 1 is 1.05 bits per heavy atom. The first-order chi connectivity index (χ1) is 19.9. The molecule has 13 atom stereocenters. The topological polar surface area (TPSA) is 137 Å². The second-order valence-corrected chi connectivity index (χ2v) is 13.5. The van der Waals surface area contributed by atoms with Crippen LogP contribution in [-0.2, 0) is 33.4 Å². The molecule has 8 fully saturated rings. The second-order valence-electron chi connectivity index (χ2n) is 13.5. The fraction of sp³-hybridized carbons (Fsp3) is 0.594. The third kappa shape index (κ3) is 2.95. The second kappa shape index (κ2) is 8.60. The number of nitrogens with zero attached hydrogens (tertiary/aromatic N) is 1. The number of hydrogen-bond donors (Lipinski definition) is 1. The van der Waals surface area contributed by atoms with Crippen molar-refractivity contribution in [3.8, 4) is 0 Å². The number of Topliss-reactive ketones (excluding diaryl/α,β-unsaturated/α-hetero) is 1. The van der Waals surface area contributed by atoms with Crippen LogP contribution in [0.2, 0.25) is 0 Å². The maximum absolute atomic E-state index is 14.3. The minimum atomic E-state index is -1.27. The quantitative estimate of drug-likeness (QED) is 0.238. The van der Waals surface area contributed by atoms with E-state index >= 15 is 0 Å². The van der Waals surface area contributed by atoms with Crippen molar-refractivity contribution in [2.24, 2.45) is 39.9 Å². The molecule has 2 saturated heterocycles. The third-order valence-electron chi connectivity index (χ3n) is 11.7. The summed E-state index contributed by atoms with van der Waals surface area (Å²) in [6.45, 7) is 8.54. The number of aliphatic hydroxyl groups is 1. The normalized spacial score (nSPS) is 47.6. The van der Waals surface area contributed by atoms with Crippen molar-refractivity contribution in [3.63, 3.8) is 0 Å². The average Bonchev–Trinajstić information content (AvgIpc) is 3.24. The molecule has 8 aliphatic rings. The van der Waals surface area contributed by atoms with Crippen molar-refractivity contribution in [2.45, 2.75) is 70.1 Å². The van der Waals surface area contributed by atoms with E-state index in [1.165, 1.54) is 13.8 Å². The number of piperidine rings is 1. The van der Waals surface area contributed by atoms with E-state index in [-0.39, 0.29) is 12.2 Å².